The van der Waals surface area contributed by atoms with E-state index in [0.29, 0.717) is 18.4 Å². The van der Waals surface area contributed by atoms with Crippen LogP contribution in [0, 0.1) is 24.2 Å². The first-order chi connectivity index (χ1) is 15.4. The Hall–Kier alpha value is -2.67. The zero-order chi connectivity index (χ0) is 21.9. The number of benzene rings is 1. The van der Waals surface area contributed by atoms with Gasteiger partial charge in [0.25, 0.3) is 0 Å². The van der Waals surface area contributed by atoms with Crippen LogP contribution in [0.15, 0.2) is 43.0 Å². The summed E-state index contributed by atoms with van der Waals surface area (Å²) in [5.41, 5.74) is 2.68. The fourth-order valence-corrected chi connectivity index (χ4v) is 7.12. The maximum Gasteiger partial charge on any atom is 0.242 e. The highest BCUT2D eigenvalue weighted by Gasteiger charge is 2.61. The van der Waals surface area contributed by atoms with Crippen LogP contribution in [0.4, 0.5) is 5.69 Å². The molecule has 7 rings (SSSR count). The smallest absolute Gasteiger partial charge is 0.242 e. The molecule has 1 N–H and O–H groups in total. The third-order valence-corrected chi connectivity index (χ3v) is 7.95. The number of carbonyl (C=O) groups excluding carboxylic acids is 1. The Morgan fingerprint density at radius 3 is 2.78 bits per heavy atom. The monoisotopic (exact) mass is 450 g/mol. The molecule has 2 heterocycles. The molecule has 1 aromatic carbocycles. The number of hydrogen-bond donors (Lipinski definition) is 1. The largest absolute Gasteiger partial charge is 0.323 e. The highest BCUT2D eigenvalue weighted by molar-refractivity contribution is 6.28. The zero-order valence-corrected chi connectivity index (χ0v) is 18.9. The lowest BCUT2D eigenvalue weighted by Gasteiger charge is -2.60. The van der Waals surface area contributed by atoms with Gasteiger partial charge in [0, 0.05) is 6.20 Å². The van der Waals surface area contributed by atoms with Gasteiger partial charge >= 0.3 is 0 Å². The van der Waals surface area contributed by atoms with Gasteiger partial charge in [-0.3, -0.25) is 9.48 Å². The van der Waals surface area contributed by atoms with Crippen LogP contribution in [0.1, 0.15) is 49.7 Å². The minimum Gasteiger partial charge on any atom is -0.323 e. The number of anilines is 1. The van der Waals surface area contributed by atoms with Crippen molar-refractivity contribution in [1.29, 1.82) is 0 Å². The second-order valence-electron chi connectivity index (χ2n) is 10.3. The Balaban J connectivity index is 1.22. The molecule has 3 aromatic rings. The van der Waals surface area contributed by atoms with Crippen LogP contribution in [-0.2, 0) is 16.9 Å². The van der Waals surface area contributed by atoms with E-state index in [0.717, 1.165) is 37.8 Å². The second-order valence-corrected chi connectivity index (χ2v) is 10.6. The van der Waals surface area contributed by atoms with Crippen molar-refractivity contribution in [3.8, 4) is 0 Å². The van der Waals surface area contributed by atoms with Crippen LogP contribution in [0.3, 0.4) is 0 Å². The quantitative estimate of drug-likeness (QED) is 0.624. The molecule has 8 heteroatoms. The predicted octanol–water partition coefficient (Wildman–Crippen LogP) is 4.42. The molecule has 4 aliphatic carbocycles. The number of carbonyl (C=O) groups is 1. The minimum atomic E-state index is -0.360. The van der Waals surface area contributed by atoms with Gasteiger partial charge in [-0.15, -0.1) is 5.10 Å². The fraction of sp³-hybridized carbons (Fsp3) is 0.500. The molecule has 0 radical (unpaired) electrons. The SMILES string of the molecule is Cc1cccc(Cn2cc(NC(=O)C34CC5CC(C3)CC(n3cnc(Cl)n3)(C5)C4)cn2)c1. The van der Waals surface area contributed by atoms with Gasteiger partial charge in [-0.1, -0.05) is 29.8 Å². The number of hydrogen-bond acceptors (Lipinski definition) is 4. The molecule has 0 aliphatic heterocycles. The summed E-state index contributed by atoms with van der Waals surface area (Å²) in [7, 11) is 0. The summed E-state index contributed by atoms with van der Waals surface area (Å²) in [6.45, 7) is 2.77. The van der Waals surface area contributed by atoms with Crippen molar-refractivity contribution in [3.63, 3.8) is 0 Å². The third kappa shape index (κ3) is 3.34. The summed E-state index contributed by atoms with van der Waals surface area (Å²) in [4.78, 5) is 17.8. The predicted molar refractivity (Wildman–Crippen MR) is 121 cm³/mol. The van der Waals surface area contributed by atoms with Gasteiger partial charge in [-0.2, -0.15) is 5.10 Å². The topological polar surface area (TPSA) is 77.6 Å². The number of amides is 1. The Kier molecular flexibility index (Phi) is 4.47. The molecule has 2 unspecified atom stereocenters. The lowest BCUT2D eigenvalue weighted by molar-refractivity contribution is -0.150. The van der Waals surface area contributed by atoms with E-state index in [1.54, 1.807) is 12.5 Å². The molecule has 4 saturated carbocycles. The molecule has 2 aromatic heterocycles. The van der Waals surface area contributed by atoms with Gasteiger partial charge in [0.1, 0.15) is 6.33 Å². The van der Waals surface area contributed by atoms with E-state index in [4.69, 9.17) is 11.6 Å². The maximum absolute atomic E-state index is 13.6. The molecule has 32 heavy (non-hydrogen) atoms. The van der Waals surface area contributed by atoms with E-state index in [9.17, 15) is 4.79 Å². The van der Waals surface area contributed by atoms with Crippen molar-refractivity contribution in [2.75, 3.05) is 5.32 Å². The first-order valence-corrected chi connectivity index (χ1v) is 11.8. The van der Waals surface area contributed by atoms with E-state index in [1.165, 1.54) is 17.5 Å². The van der Waals surface area contributed by atoms with Crippen LogP contribution in [0.5, 0.6) is 0 Å². The average molecular weight is 451 g/mol. The number of aryl methyl sites for hydroxylation is 1. The number of nitrogens with zero attached hydrogens (tertiary/aromatic N) is 5. The molecule has 2 atom stereocenters. The van der Waals surface area contributed by atoms with E-state index in [2.05, 4.69) is 51.7 Å². The third-order valence-electron chi connectivity index (χ3n) is 7.78. The number of rotatable bonds is 5. The minimum absolute atomic E-state index is 0.122. The molecule has 1 amide bonds. The highest BCUT2D eigenvalue weighted by Crippen LogP contribution is 2.64. The first-order valence-electron chi connectivity index (χ1n) is 11.4. The van der Waals surface area contributed by atoms with E-state index >= 15 is 0 Å². The number of nitrogens with one attached hydrogen (secondary N) is 1. The Morgan fingerprint density at radius 1 is 1.25 bits per heavy atom. The van der Waals surface area contributed by atoms with Crippen molar-refractivity contribution in [2.45, 2.75) is 57.5 Å². The molecular weight excluding hydrogens is 424 g/mol. The van der Waals surface area contributed by atoms with Crippen molar-refractivity contribution in [3.05, 3.63) is 59.4 Å². The molecule has 7 nitrogen and oxygen atoms in total. The summed E-state index contributed by atoms with van der Waals surface area (Å²) in [6.07, 6.45) is 11.5. The maximum atomic E-state index is 13.6. The van der Waals surface area contributed by atoms with Gasteiger partial charge in [0.05, 0.1) is 29.4 Å². The van der Waals surface area contributed by atoms with Crippen LogP contribution in [-0.4, -0.2) is 30.5 Å². The van der Waals surface area contributed by atoms with Gasteiger partial charge < -0.3 is 5.32 Å². The summed E-state index contributed by atoms with van der Waals surface area (Å²) in [5.74, 6) is 1.22. The average Bonchev–Trinajstić information content (AvgIpc) is 3.36. The summed E-state index contributed by atoms with van der Waals surface area (Å²) < 4.78 is 3.83. The van der Waals surface area contributed by atoms with Gasteiger partial charge in [-0.05, 0) is 74.4 Å². The Bertz CT molecular complexity index is 1170. The molecule has 166 valence electrons. The van der Waals surface area contributed by atoms with Gasteiger partial charge in [0.15, 0.2) is 0 Å². The van der Waals surface area contributed by atoms with Gasteiger partial charge in [-0.25, -0.2) is 9.67 Å². The first kappa shape index (κ1) is 20.0. The van der Waals surface area contributed by atoms with Crippen molar-refractivity contribution in [2.24, 2.45) is 17.3 Å². The van der Waals surface area contributed by atoms with Crippen molar-refractivity contribution < 1.29 is 4.79 Å². The molecule has 0 saturated heterocycles. The van der Waals surface area contributed by atoms with Crippen LogP contribution >= 0.6 is 11.6 Å². The number of aromatic nitrogens is 5. The van der Waals surface area contributed by atoms with Crippen LogP contribution in [0.25, 0.3) is 0 Å². The molecular formula is C24H27ClN6O. The van der Waals surface area contributed by atoms with E-state index < -0.39 is 0 Å². The summed E-state index contributed by atoms with van der Waals surface area (Å²) >= 11 is 6.04. The molecule has 0 spiro atoms. The lowest BCUT2D eigenvalue weighted by atomic mass is 9.46. The van der Waals surface area contributed by atoms with Gasteiger partial charge in [0.2, 0.25) is 11.2 Å². The van der Waals surface area contributed by atoms with Crippen LogP contribution in [0.2, 0.25) is 5.28 Å². The zero-order valence-electron chi connectivity index (χ0n) is 18.2. The van der Waals surface area contributed by atoms with Crippen molar-refractivity contribution in [1.82, 2.24) is 24.5 Å². The Labute approximate surface area is 192 Å². The molecule has 4 fully saturated rings. The lowest BCUT2D eigenvalue weighted by Crippen LogP contribution is -2.60. The summed E-state index contributed by atoms with van der Waals surface area (Å²) in [6, 6.07) is 8.40. The normalized spacial score (nSPS) is 30.6. The van der Waals surface area contributed by atoms with Crippen LogP contribution < -0.4 is 5.32 Å². The highest BCUT2D eigenvalue weighted by atomic mass is 35.5. The molecule has 4 aliphatic rings. The number of halogens is 1. The van der Waals surface area contributed by atoms with Crippen molar-refractivity contribution >= 4 is 23.2 Å². The molecule has 4 bridgehead atoms. The fourth-order valence-electron chi connectivity index (χ4n) is 7.00. The van der Waals surface area contributed by atoms with E-state index in [-0.39, 0.29) is 22.1 Å². The standard InChI is InChI=1S/C24H27ClN6O/c1-16-3-2-4-17(5-16)12-30-13-20(11-27-30)28-21(32)23-7-18-6-19(8-23)10-24(9-18,14-23)31-15-26-22(25)29-31/h2-5,11,13,15,18-19H,6-10,12,14H2,1H3,(H,28,32). The van der Waals surface area contributed by atoms with E-state index in [1.807, 2.05) is 15.6 Å². The summed E-state index contributed by atoms with van der Waals surface area (Å²) in [5, 5.41) is 12.4. The Morgan fingerprint density at radius 2 is 2.06 bits per heavy atom. The second kappa shape index (κ2) is 7.17.